The molecule has 0 amide bonds. The number of alkyl halides is 2. The minimum Gasteiger partial charge on any atom is -0.481 e. The first-order valence-corrected chi connectivity index (χ1v) is 10.0. The highest BCUT2D eigenvalue weighted by Crippen LogP contribution is 2.30. The highest BCUT2D eigenvalue weighted by Gasteiger charge is 2.25. The van der Waals surface area contributed by atoms with Gasteiger partial charge in [0.15, 0.2) is 0 Å². The lowest BCUT2D eigenvalue weighted by molar-refractivity contribution is 0.253. The molecule has 0 aromatic carbocycles. The molecular formula is C16H16ClF2N5O4S. The molecule has 0 saturated carbocycles. The van der Waals surface area contributed by atoms with E-state index in [9.17, 15) is 17.2 Å². The molecule has 3 aromatic rings. The van der Waals surface area contributed by atoms with Crippen molar-refractivity contribution in [3.63, 3.8) is 0 Å². The monoisotopic (exact) mass is 447 g/mol. The number of hydrogen-bond donors (Lipinski definition) is 2. The van der Waals surface area contributed by atoms with Crippen molar-refractivity contribution in [2.45, 2.75) is 17.5 Å². The number of sulfonamides is 1. The molecule has 2 N–H and O–H groups in total. The first-order chi connectivity index (χ1) is 13.8. The van der Waals surface area contributed by atoms with Crippen LogP contribution in [0.5, 0.6) is 11.8 Å². The molecule has 0 aliphatic rings. The molecule has 1 atom stereocenters. The lowest BCUT2D eigenvalue weighted by Gasteiger charge is -2.14. The summed E-state index contributed by atoms with van der Waals surface area (Å²) in [5, 5.41) is 0.504. The van der Waals surface area contributed by atoms with Gasteiger partial charge in [-0.05, 0) is 12.1 Å². The van der Waals surface area contributed by atoms with Crippen molar-refractivity contribution < 1.29 is 26.7 Å². The maximum Gasteiger partial charge on any atom is 0.266 e. The van der Waals surface area contributed by atoms with E-state index in [-0.39, 0.29) is 39.0 Å². The zero-order valence-electron chi connectivity index (χ0n) is 15.2. The first-order valence-electron chi connectivity index (χ1n) is 8.14. The van der Waals surface area contributed by atoms with E-state index in [0.29, 0.717) is 5.39 Å². The topological polar surface area (TPSA) is 119 Å². The second kappa shape index (κ2) is 8.33. The summed E-state index contributed by atoms with van der Waals surface area (Å²) in [5.41, 5.74) is 0.360. The number of H-pyrrole nitrogens is 1. The maximum atomic E-state index is 13.5. The van der Waals surface area contributed by atoms with Crippen molar-refractivity contribution in [2.75, 3.05) is 25.6 Å². The fourth-order valence-corrected chi connectivity index (χ4v) is 3.89. The molecule has 1 unspecified atom stereocenters. The summed E-state index contributed by atoms with van der Waals surface area (Å²) in [6.45, 7) is -1.21. The van der Waals surface area contributed by atoms with E-state index in [4.69, 9.17) is 21.1 Å². The number of hydrogen-bond acceptors (Lipinski definition) is 7. The van der Waals surface area contributed by atoms with Crippen molar-refractivity contribution in [3.05, 3.63) is 29.0 Å². The summed E-state index contributed by atoms with van der Waals surface area (Å²) in [7, 11) is -1.63. The van der Waals surface area contributed by atoms with E-state index in [1.807, 2.05) is 0 Å². The molecule has 0 aliphatic carbocycles. The van der Waals surface area contributed by atoms with Gasteiger partial charge in [0.25, 0.3) is 10.0 Å². The second-order valence-electron chi connectivity index (χ2n) is 5.79. The molecule has 29 heavy (non-hydrogen) atoms. The van der Waals surface area contributed by atoms with Gasteiger partial charge in [-0.3, -0.25) is 0 Å². The van der Waals surface area contributed by atoms with Crippen LogP contribution in [0.3, 0.4) is 0 Å². The molecule has 9 nitrogen and oxygen atoms in total. The van der Waals surface area contributed by atoms with Gasteiger partial charge in [0.2, 0.25) is 17.7 Å². The Hall–Kier alpha value is -2.73. The molecule has 3 aromatic heterocycles. The number of halogens is 3. The summed E-state index contributed by atoms with van der Waals surface area (Å²) < 4.78 is 64.0. The van der Waals surface area contributed by atoms with Crippen LogP contribution in [0.4, 0.5) is 14.7 Å². The second-order valence-corrected chi connectivity index (χ2v) is 7.83. The van der Waals surface area contributed by atoms with Crippen LogP contribution in [-0.2, 0) is 16.4 Å². The van der Waals surface area contributed by atoms with Crippen LogP contribution in [-0.4, -0.2) is 55.4 Å². The van der Waals surface area contributed by atoms with Crippen molar-refractivity contribution >= 4 is 38.6 Å². The third kappa shape index (κ3) is 4.32. The van der Waals surface area contributed by atoms with E-state index in [1.165, 1.54) is 32.5 Å². The van der Waals surface area contributed by atoms with Gasteiger partial charge < -0.3 is 14.5 Å². The van der Waals surface area contributed by atoms with Gasteiger partial charge in [-0.2, -0.15) is 9.97 Å². The van der Waals surface area contributed by atoms with E-state index < -0.39 is 29.3 Å². The highest BCUT2D eigenvalue weighted by atomic mass is 35.5. The quantitative estimate of drug-likeness (QED) is 0.509. The smallest absolute Gasteiger partial charge is 0.266 e. The normalized spacial score (nSPS) is 12.7. The van der Waals surface area contributed by atoms with Crippen LogP contribution in [0, 0.1) is 0 Å². The third-order valence-electron chi connectivity index (χ3n) is 3.89. The zero-order chi connectivity index (χ0) is 21.2. The Bertz CT molecular complexity index is 1120. The molecule has 3 heterocycles. The standard InChI is InChI=1S/C16H16ClF2N5O4S/c1-27-14-10(5-8(19)6-18)15(28-2)23-16(22-14)24-29(25,26)11-7-20-13-9(11)3-4-12(17)21-13/h3-4,7-8H,5-6H2,1-2H3,(H,20,21)(H,22,23,24). The Morgan fingerprint density at radius 3 is 2.45 bits per heavy atom. The average molecular weight is 448 g/mol. The lowest BCUT2D eigenvalue weighted by atomic mass is 10.1. The van der Waals surface area contributed by atoms with Gasteiger partial charge in [-0.1, -0.05) is 11.6 Å². The Balaban J connectivity index is 2.00. The van der Waals surface area contributed by atoms with E-state index >= 15 is 0 Å². The zero-order valence-corrected chi connectivity index (χ0v) is 16.8. The van der Waals surface area contributed by atoms with Crippen molar-refractivity contribution in [1.29, 1.82) is 0 Å². The van der Waals surface area contributed by atoms with Crippen molar-refractivity contribution in [3.8, 4) is 11.8 Å². The summed E-state index contributed by atoms with van der Waals surface area (Å²) in [6, 6.07) is 2.95. The molecule has 156 valence electrons. The minimum absolute atomic E-state index is 0.0778. The number of nitrogens with one attached hydrogen (secondary N) is 2. The number of aromatic amines is 1. The van der Waals surface area contributed by atoms with Crippen LogP contribution in [0.25, 0.3) is 11.0 Å². The number of nitrogens with zero attached hydrogens (tertiary/aromatic N) is 3. The molecule has 0 fully saturated rings. The van der Waals surface area contributed by atoms with Crippen LogP contribution in [0.2, 0.25) is 5.15 Å². The van der Waals surface area contributed by atoms with Crippen LogP contribution >= 0.6 is 11.6 Å². The fourth-order valence-electron chi connectivity index (χ4n) is 2.63. The SMILES string of the molecule is COc1nc(NS(=O)(=O)c2c[nH]c3nc(Cl)ccc23)nc(OC)c1CC(F)CF. The van der Waals surface area contributed by atoms with Crippen molar-refractivity contribution in [1.82, 2.24) is 19.9 Å². The Kier molecular flexibility index (Phi) is 6.03. The number of anilines is 1. The highest BCUT2D eigenvalue weighted by molar-refractivity contribution is 7.93. The van der Waals surface area contributed by atoms with Gasteiger partial charge >= 0.3 is 0 Å². The van der Waals surface area contributed by atoms with E-state index in [0.717, 1.165) is 0 Å². The van der Waals surface area contributed by atoms with Gasteiger partial charge in [-0.25, -0.2) is 26.9 Å². The minimum atomic E-state index is -4.13. The number of pyridine rings is 1. The molecular weight excluding hydrogens is 432 g/mol. The van der Waals surface area contributed by atoms with Crippen LogP contribution < -0.4 is 14.2 Å². The molecule has 0 bridgehead atoms. The van der Waals surface area contributed by atoms with Crippen LogP contribution in [0.1, 0.15) is 5.56 Å². The van der Waals surface area contributed by atoms with Gasteiger partial charge in [-0.15, -0.1) is 0 Å². The predicted octanol–water partition coefficient (Wildman–Crippen LogP) is 2.67. The molecule has 3 rings (SSSR count). The number of aromatic nitrogens is 4. The first kappa shape index (κ1) is 21.0. The summed E-state index contributed by atoms with van der Waals surface area (Å²) >= 11 is 5.81. The fraction of sp³-hybridized carbons (Fsp3) is 0.312. The van der Waals surface area contributed by atoms with Gasteiger partial charge in [0.05, 0.1) is 19.8 Å². The molecule has 0 saturated heterocycles. The van der Waals surface area contributed by atoms with Crippen LogP contribution in [0.15, 0.2) is 23.2 Å². The number of ether oxygens (including phenoxy) is 2. The average Bonchev–Trinajstić information content (AvgIpc) is 3.12. The maximum absolute atomic E-state index is 13.5. The summed E-state index contributed by atoms with van der Waals surface area (Å²) in [5.74, 6) is -0.648. The predicted molar refractivity (Wildman–Crippen MR) is 102 cm³/mol. The number of rotatable bonds is 8. The van der Waals surface area contributed by atoms with Crippen molar-refractivity contribution in [2.24, 2.45) is 0 Å². The summed E-state index contributed by atoms with van der Waals surface area (Å²) in [6.07, 6.45) is -0.965. The Labute approximate surface area is 169 Å². The van der Waals surface area contributed by atoms with E-state index in [1.54, 1.807) is 0 Å². The third-order valence-corrected chi connectivity index (χ3v) is 5.47. The number of fused-ring (bicyclic) bond motifs is 1. The molecule has 0 aliphatic heterocycles. The number of methoxy groups -OCH3 is 2. The van der Waals surface area contributed by atoms with Gasteiger partial charge in [0.1, 0.15) is 28.5 Å². The Morgan fingerprint density at radius 2 is 1.86 bits per heavy atom. The van der Waals surface area contributed by atoms with Gasteiger partial charge in [0, 0.05) is 18.0 Å². The van der Waals surface area contributed by atoms with E-state index in [2.05, 4.69) is 24.7 Å². The molecule has 13 heteroatoms. The summed E-state index contributed by atoms with van der Waals surface area (Å²) in [4.78, 5) is 14.5. The Morgan fingerprint density at radius 1 is 1.21 bits per heavy atom. The largest absolute Gasteiger partial charge is 0.481 e. The molecule has 0 spiro atoms. The lowest BCUT2D eigenvalue weighted by Crippen LogP contribution is -2.17. The molecule has 0 radical (unpaired) electrons.